The molecule has 20 heavy (non-hydrogen) atoms. The zero-order valence-electron chi connectivity index (χ0n) is 11.7. The van der Waals surface area contributed by atoms with Crippen molar-refractivity contribution in [3.63, 3.8) is 0 Å². The Morgan fingerprint density at radius 1 is 1.35 bits per heavy atom. The highest BCUT2D eigenvalue weighted by Crippen LogP contribution is 2.23. The van der Waals surface area contributed by atoms with Crippen molar-refractivity contribution in [1.29, 1.82) is 0 Å². The van der Waals surface area contributed by atoms with Crippen LogP contribution in [0.1, 0.15) is 32.6 Å². The molecule has 1 rings (SSSR count). The molecule has 120 valence electrons. The molecule has 0 bridgehead atoms. The summed E-state index contributed by atoms with van der Waals surface area (Å²) in [5, 5.41) is 3.18. The lowest BCUT2D eigenvalue weighted by Crippen LogP contribution is -2.43. The van der Waals surface area contributed by atoms with Crippen LogP contribution >= 0.6 is 0 Å². The molecule has 0 radical (unpaired) electrons. The maximum Gasteiger partial charge on any atom is 0.389 e. The van der Waals surface area contributed by atoms with E-state index in [0.29, 0.717) is 13.1 Å². The number of hydrogen-bond acceptors (Lipinski definition) is 3. The molecular weight excluding hydrogens is 293 g/mol. The largest absolute Gasteiger partial charge is 0.389 e. The molecule has 1 heterocycles. The first kappa shape index (κ1) is 17.7. The zero-order valence-corrected chi connectivity index (χ0v) is 12.6. The first-order valence-electron chi connectivity index (χ1n) is 7.00. The zero-order chi connectivity index (χ0) is 15.2. The summed E-state index contributed by atoms with van der Waals surface area (Å²) in [5.74, 6) is -0.165. The molecule has 0 aliphatic carbocycles. The lowest BCUT2D eigenvalue weighted by molar-refractivity contribution is -0.134. The van der Waals surface area contributed by atoms with Gasteiger partial charge in [-0.1, -0.05) is 6.92 Å². The Balaban J connectivity index is 2.45. The van der Waals surface area contributed by atoms with Gasteiger partial charge in [0.1, 0.15) is 0 Å². The highest BCUT2D eigenvalue weighted by atomic mass is 32.2. The number of hydrogen-bond donors (Lipinski definition) is 1. The molecule has 4 nitrogen and oxygen atoms in total. The lowest BCUT2D eigenvalue weighted by atomic mass is 10.00. The van der Waals surface area contributed by atoms with Gasteiger partial charge >= 0.3 is 6.18 Å². The molecule has 0 aromatic rings. The number of halogens is 3. The van der Waals surface area contributed by atoms with Crippen molar-refractivity contribution in [1.82, 2.24) is 9.62 Å². The molecule has 1 N–H and O–H groups in total. The van der Waals surface area contributed by atoms with E-state index in [1.165, 1.54) is 4.31 Å². The van der Waals surface area contributed by atoms with Crippen molar-refractivity contribution in [3.05, 3.63) is 0 Å². The molecule has 0 aromatic carbocycles. The molecule has 1 aliphatic heterocycles. The molecule has 0 aromatic heterocycles. The first-order valence-corrected chi connectivity index (χ1v) is 8.61. The van der Waals surface area contributed by atoms with Crippen LogP contribution in [0.4, 0.5) is 13.2 Å². The van der Waals surface area contributed by atoms with Gasteiger partial charge in [0.25, 0.3) is 0 Å². The van der Waals surface area contributed by atoms with Crippen LogP contribution in [0.25, 0.3) is 0 Å². The fourth-order valence-electron chi connectivity index (χ4n) is 2.38. The van der Waals surface area contributed by atoms with Crippen LogP contribution in [0.5, 0.6) is 0 Å². The molecule has 1 saturated heterocycles. The molecule has 1 unspecified atom stereocenters. The van der Waals surface area contributed by atoms with E-state index in [1.54, 1.807) is 0 Å². The minimum Gasteiger partial charge on any atom is -0.317 e. The van der Waals surface area contributed by atoms with Crippen molar-refractivity contribution in [2.45, 2.75) is 38.8 Å². The van der Waals surface area contributed by atoms with Crippen LogP contribution in [0.3, 0.4) is 0 Å². The third-order valence-corrected chi connectivity index (χ3v) is 5.34. The fraction of sp³-hybridized carbons (Fsp3) is 1.00. The second kappa shape index (κ2) is 7.61. The maximum atomic E-state index is 12.1. The fourth-order valence-corrected chi connectivity index (χ4v) is 3.99. The van der Waals surface area contributed by atoms with Crippen LogP contribution in [0.15, 0.2) is 0 Å². The Labute approximate surface area is 118 Å². The molecule has 0 saturated carbocycles. The summed E-state index contributed by atoms with van der Waals surface area (Å²) in [6.45, 7) is 4.41. The number of rotatable bonds is 7. The minimum absolute atomic E-state index is 0.251. The second-order valence-electron chi connectivity index (χ2n) is 5.21. The summed E-state index contributed by atoms with van der Waals surface area (Å²) in [4.78, 5) is 0. The van der Waals surface area contributed by atoms with Gasteiger partial charge in [-0.2, -0.15) is 13.2 Å². The third kappa shape index (κ3) is 6.41. The van der Waals surface area contributed by atoms with Gasteiger partial charge < -0.3 is 5.32 Å². The van der Waals surface area contributed by atoms with Crippen molar-refractivity contribution in [2.75, 3.05) is 31.9 Å². The van der Waals surface area contributed by atoms with Gasteiger partial charge in [0.2, 0.25) is 10.0 Å². The highest BCUT2D eigenvalue weighted by Gasteiger charge is 2.31. The smallest absolute Gasteiger partial charge is 0.317 e. The summed E-state index contributed by atoms with van der Waals surface area (Å²) in [7, 11) is -3.56. The quantitative estimate of drug-likeness (QED) is 0.781. The van der Waals surface area contributed by atoms with E-state index in [-0.39, 0.29) is 12.3 Å². The number of sulfonamides is 1. The molecule has 0 amide bonds. The van der Waals surface area contributed by atoms with Crippen molar-refractivity contribution in [2.24, 2.45) is 5.92 Å². The van der Waals surface area contributed by atoms with E-state index >= 15 is 0 Å². The summed E-state index contributed by atoms with van der Waals surface area (Å²) in [6.07, 6.45) is -3.96. The summed E-state index contributed by atoms with van der Waals surface area (Å²) < 4.78 is 61.6. The Kier molecular flexibility index (Phi) is 6.74. The van der Waals surface area contributed by atoms with Gasteiger partial charge in [0.15, 0.2) is 0 Å². The first-order chi connectivity index (χ1) is 9.24. The molecule has 0 spiro atoms. The van der Waals surface area contributed by atoms with E-state index in [4.69, 9.17) is 0 Å². The third-order valence-electron chi connectivity index (χ3n) is 3.42. The van der Waals surface area contributed by atoms with Gasteiger partial charge in [0, 0.05) is 19.5 Å². The van der Waals surface area contributed by atoms with Gasteiger partial charge in [-0.3, -0.25) is 0 Å². The van der Waals surface area contributed by atoms with Crippen LogP contribution in [0, 0.1) is 5.92 Å². The van der Waals surface area contributed by atoms with Crippen molar-refractivity contribution in [3.8, 4) is 0 Å². The minimum atomic E-state index is -4.29. The Bertz CT molecular complexity index is 385. The molecule has 1 fully saturated rings. The van der Waals surface area contributed by atoms with Gasteiger partial charge in [-0.05, 0) is 38.3 Å². The summed E-state index contributed by atoms with van der Waals surface area (Å²) in [5.41, 5.74) is 0. The lowest BCUT2D eigenvalue weighted by Gasteiger charge is -2.32. The number of nitrogens with zero attached hydrogens (tertiary/aromatic N) is 1. The van der Waals surface area contributed by atoms with E-state index in [2.05, 4.69) is 5.32 Å². The van der Waals surface area contributed by atoms with Crippen molar-refractivity contribution >= 4 is 10.0 Å². The van der Waals surface area contributed by atoms with Crippen LogP contribution in [0.2, 0.25) is 0 Å². The maximum absolute atomic E-state index is 12.1. The van der Waals surface area contributed by atoms with Gasteiger partial charge in [-0.15, -0.1) is 0 Å². The number of nitrogens with one attached hydrogen (secondary N) is 1. The second-order valence-corrected chi connectivity index (χ2v) is 7.30. The topological polar surface area (TPSA) is 49.4 Å². The standard InChI is InChI=1S/C12H23F3N2O2S/c1-2-16-9-11-5-3-7-17(10-11)20(18,19)8-4-6-12(13,14)15/h11,16H,2-10H2,1H3. The molecule has 1 aliphatic rings. The van der Waals surface area contributed by atoms with Gasteiger partial charge in [-0.25, -0.2) is 12.7 Å². The molecule has 8 heteroatoms. The van der Waals surface area contributed by atoms with Crippen LogP contribution in [-0.2, 0) is 10.0 Å². The Morgan fingerprint density at radius 2 is 2.05 bits per heavy atom. The number of piperidine rings is 1. The van der Waals surface area contributed by atoms with E-state index in [9.17, 15) is 21.6 Å². The average Bonchev–Trinajstić information content (AvgIpc) is 2.35. The SMILES string of the molecule is CCNCC1CCCN(S(=O)(=O)CCCC(F)(F)F)C1. The predicted molar refractivity (Wildman–Crippen MR) is 71.9 cm³/mol. The van der Waals surface area contributed by atoms with Crippen LogP contribution < -0.4 is 5.32 Å². The monoisotopic (exact) mass is 316 g/mol. The summed E-state index contributed by atoms with van der Waals surface area (Å²) in [6, 6.07) is 0. The van der Waals surface area contributed by atoms with E-state index in [0.717, 1.165) is 25.9 Å². The number of alkyl halides is 3. The van der Waals surface area contributed by atoms with Gasteiger partial charge in [0.05, 0.1) is 5.75 Å². The summed E-state index contributed by atoms with van der Waals surface area (Å²) >= 11 is 0. The predicted octanol–water partition coefficient (Wildman–Crippen LogP) is 1.98. The average molecular weight is 316 g/mol. The Morgan fingerprint density at radius 3 is 2.65 bits per heavy atom. The molecular formula is C12H23F3N2O2S. The van der Waals surface area contributed by atoms with E-state index in [1.807, 2.05) is 6.92 Å². The van der Waals surface area contributed by atoms with Crippen LogP contribution in [-0.4, -0.2) is 50.8 Å². The Hall–Kier alpha value is -0.340. The highest BCUT2D eigenvalue weighted by molar-refractivity contribution is 7.89. The van der Waals surface area contributed by atoms with E-state index < -0.39 is 28.4 Å². The normalized spacial score (nSPS) is 22.1. The molecule has 1 atom stereocenters. The van der Waals surface area contributed by atoms with Crippen molar-refractivity contribution < 1.29 is 21.6 Å².